The Morgan fingerprint density at radius 3 is 2.68 bits per heavy atom. The summed E-state index contributed by atoms with van der Waals surface area (Å²) in [6.07, 6.45) is 3.57. The van der Waals surface area contributed by atoms with Gasteiger partial charge < -0.3 is 14.9 Å². The molecule has 0 aliphatic heterocycles. The lowest BCUT2D eigenvalue weighted by molar-refractivity contribution is -0.151. The molecule has 0 saturated heterocycles. The molecule has 5 heteroatoms. The summed E-state index contributed by atoms with van der Waals surface area (Å²) in [7, 11) is 1.53. The van der Waals surface area contributed by atoms with Crippen molar-refractivity contribution in [3.05, 3.63) is 29.3 Å². The van der Waals surface area contributed by atoms with Gasteiger partial charge in [0.25, 0.3) is 0 Å². The standard InChI is InChI=1S/C17H20O5/c1-22-11-5-6-12-13(15(18)19)8-10-4-2-3-7-17(10,16(20)21)14(12)9-11/h5-6,9-10,13H,2-4,7-8H2,1H3,(H,18,19)(H,20,21). The van der Waals surface area contributed by atoms with Crippen LogP contribution in [-0.4, -0.2) is 29.3 Å². The van der Waals surface area contributed by atoms with Gasteiger partial charge in [0.1, 0.15) is 5.75 Å². The number of carboxylic acid groups (broad SMARTS) is 2. The van der Waals surface area contributed by atoms with Gasteiger partial charge in [-0.1, -0.05) is 18.9 Å². The SMILES string of the molecule is COc1ccc2c(c1)C1(C(=O)O)CCCCC1CC2C(=O)O. The van der Waals surface area contributed by atoms with Crippen LogP contribution in [0.1, 0.15) is 49.1 Å². The zero-order chi connectivity index (χ0) is 15.9. The second kappa shape index (κ2) is 5.30. The van der Waals surface area contributed by atoms with E-state index >= 15 is 0 Å². The van der Waals surface area contributed by atoms with Crippen LogP contribution in [0.4, 0.5) is 0 Å². The summed E-state index contributed by atoms with van der Waals surface area (Å²) in [5.74, 6) is -1.89. The number of hydrogen-bond acceptors (Lipinski definition) is 3. The van der Waals surface area contributed by atoms with E-state index < -0.39 is 23.3 Å². The van der Waals surface area contributed by atoms with Crippen LogP contribution in [0.5, 0.6) is 5.75 Å². The number of carboxylic acids is 2. The van der Waals surface area contributed by atoms with Crippen LogP contribution in [-0.2, 0) is 15.0 Å². The second-order valence-corrected chi connectivity index (χ2v) is 6.30. The predicted octanol–water partition coefficient (Wildman–Crippen LogP) is 2.78. The van der Waals surface area contributed by atoms with E-state index in [1.807, 2.05) is 0 Å². The Balaban J connectivity index is 2.24. The first-order valence-electron chi connectivity index (χ1n) is 7.65. The summed E-state index contributed by atoms with van der Waals surface area (Å²) in [4.78, 5) is 23.8. The summed E-state index contributed by atoms with van der Waals surface area (Å²) >= 11 is 0. The van der Waals surface area contributed by atoms with Crippen LogP contribution in [0, 0.1) is 5.92 Å². The fourth-order valence-electron chi connectivity index (χ4n) is 4.31. The van der Waals surface area contributed by atoms with E-state index in [2.05, 4.69) is 0 Å². The van der Waals surface area contributed by atoms with Crippen molar-refractivity contribution in [1.82, 2.24) is 0 Å². The number of benzene rings is 1. The number of hydrogen-bond donors (Lipinski definition) is 2. The number of aliphatic carboxylic acids is 2. The first kappa shape index (κ1) is 14.9. The predicted molar refractivity (Wildman–Crippen MR) is 79.3 cm³/mol. The summed E-state index contributed by atoms with van der Waals surface area (Å²) in [6.45, 7) is 0. The van der Waals surface area contributed by atoms with E-state index in [1.165, 1.54) is 7.11 Å². The molecule has 3 atom stereocenters. The highest BCUT2D eigenvalue weighted by Gasteiger charge is 2.54. The van der Waals surface area contributed by atoms with Crippen LogP contribution in [0.25, 0.3) is 0 Å². The molecule has 22 heavy (non-hydrogen) atoms. The van der Waals surface area contributed by atoms with Gasteiger partial charge in [-0.05, 0) is 48.4 Å². The normalized spacial score (nSPS) is 30.0. The molecule has 0 heterocycles. The Morgan fingerprint density at radius 2 is 2.05 bits per heavy atom. The Hall–Kier alpha value is -2.04. The van der Waals surface area contributed by atoms with E-state index in [0.29, 0.717) is 29.7 Å². The van der Waals surface area contributed by atoms with Gasteiger partial charge in [-0.3, -0.25) is 9.59 Å². The van der Waals surface area contributed by atoms with Crippen molar-refractivity contribution in [1.29, 1.82) is 0 Å². The van der Waals surface area contributed by atoms with Gasteiger partial charge in [-0.15, -0.1) is 0 Å². The molecule has 1 fully saturated rings. The van der Waals surface area contributed by atoms with Crippen LogP contribution >= 0.6 is 0 Å². The topological polar surface area (TPSA) is 83.8 Å². The van der Waals surface area contributed by atoms with E-state index in [0.717, 1.165) is 19.3 Å². The third-order valence-electron chi connectivity index (χ3n) is 5.39. The zero-order valence-corrected chi connectivity index (χ0v) is 12.5. The molecule has 1 aromatic carbocycles. The van der Waals surface area contributed by atoms with Gasteiger partial charge in [0.2, 0.25) is 0 Å². The lowest BCUT2D eigenvalue weighted by Gasteiger charge is -2.47. The van der Waals surface area contributed by atoms with Crippen molar-refractivity contribution in [2.24, 2.45) is 5.92 Å². The van der Waals surface area contributed by atoms with Gasteiger partial charge in [0, 0.05) is 0 Å². The minimum atomic E-state index is -0.964. The quantitative estimate of drug-likeness (QED) is 0.897. The summed E-state index contributed by atoms with van der Waals surface area (Å²) in [5, 5.41) is 19.5. The van der Waals surface area contributed by atoms with E-state index in [1.54, 1.807) is 18.2 Å². The molecule has 3 unspecified atom stereocenters. The molecule has 2 aliphatic carbocycles. The number of fused-ring (bicyclic) bond motifs is 3. The molecule has 0 amide bonds. The third-order valence-corrected chi connectivity index (χ3v) is 5.39. The number of methoxy groups -OCH3 is 1. The van der Waals surface area contributed by atoms with Crippen molar-refractivity contribution in [2.75, 3.05) is 7.11 Å². The lowest BCUT2D eigenvalue weighted by atomic mass is 9.55. The van der Waals surface area contributed by atoms with Gasteiger partial charge in [0.15, 0.2) is 0 Å². The molecule has 0 spiro atoms. The molecular weight excluding hydrogens is 284 g/mol. The molecule has 5 nitrogen and oxygen atoms in total. The van der Waals surface area contributed by atoms with E-state index in [-0.39, 0.29) is 5.92 Å². The molecule has 0 bridgehead atoms. The summed E-state index contributed by atoms with van der Waals surface area (Å²) in [5.41, 5.74) is 0.310. The van der Waals surface area contributed by atoms with Crippen molar-refractivity contribution < 1.29 is 24.5 Å². The first-order valence-corrected chi connectivity index (χ1v) is 7.65. The van der Waals surface area contributed by atoms with E-state index in [9.17, 15) is 19.8 Å². The smallest absolute Gasteiger partial charge is 0.314 e. The highest BCUT2D eigenvalue weighted by Crippen LogP contribution is 2.54. The number of rotatable bonds is 3. The first-order chi connectivity index (χ1) is 10.5. The maximum atomic E-state index is 12.2. The second-order valence-electron chi connectivity index (χ2n) is 6.30. The van der Waals surface area contributed by atoms with Crippen molar-refractivity contribution in [3.8, 4) is 5.75 Å². The van der Waals surface area contributed by atoms with Crippen LogP contribution < -0.4 is 4.74 Å². The Kier molecular flexibility index (Phi) is 3.59. The van der Waals surface area contributed by atoms with Crippen molar-refractivity contribution in [3.63, 3.8) is 0 Å². The maximum absolute atomic E-state index is 12.2. The molecular formula is C17H20O5. The number of ether oxygens (including phenoxy) is 1. The maximum Gasteiger partial charge on any atom is 0.314 e. The van der Waals surface area contributed by atoms with Crippen LogP contribution in [0.15, 0.2) is 18.2 Å². The van der Waals surface area contributed by atoms with Crippen LogP contribution in [0.2, 0.25) is 0 Å². The molecule has 1 aromatic rings. The average Bonchev–Trinajstić information content (AvgIpc) is 2.52. The summed E-state index contributed by atoms with van der Waals surface area (Å²) < 4.78 is 5.24. The zero-order valence-electron chi connectivity index (χ0n) is 12.5. The average molecular weight is 304 g/mol. The minimum Gasteiger partial charge on any atom is -0.497 e. The van der Waals surface area contributed by atoms with Crippen molar-refractivity contribution >= 4 is 11.9 Å². The monoisotopic (exact) mass is 304 g/mol. The molecule has 0 radical (unpaired) electrons. The fraction of sp³-hybridized carbons (Fsp3) is 0.529. The summed E-state index contributed by atoms with van der Waals surface area (Å²) in [6, 6.07) is 5.17. The van der Waals surface area contributed by atoms with Crippen LogP contribution in [0.3, 0.4) is 0 Å². The molecule has 2 N–H and O–H groups in total. The lowest BCUT2D eigenvalue weighted by Crippen LogP contribution is -2.49. The molecule has 1 saturated carbocycles. The van der Waals surface area contributed by atoms with Gasteiger partial charge in [-0.2, -0.15) is 0 Å². The fourth-order valence-corrected chi connectivity index (χ4v) is 4.31. The van der Waals surface area contributed by atoms with Gasteiger partial charge in [-0.25, -0.2) is 0 Å². The Bertz CT molecular complexity index is 623. The minimum absolute atomic E-state index is 0.126. The molecule has 0 aromatic heterocycles. The highest BCUT2D eigenvalue weighted by atomic mass is 16.5. The molecule has 118 valence electrons. The van der Waals surface area contributed by atoms with E-state index in [4.69, 9.17) is 4.74 Å². The Morgan fingerprint density at radius 1 is 1.27 bits per heavy atom. The number of carbonyl (C=O) groups is 2. The van der Waals surface area contributed by atoms with Crippen molar-refractivity contribution in [2.45, 2.75) is 43.4 Å². The third kappa shape index (κ3) is 1.99. The molecule has 3 rings (SSSR count). The van der Waals surface area contributed by atoms with Gasteiger partial charge in [0.05, 0.1) is 18.4 Å². The highest BCUT2D eigenvalue weighted by molar-refractivity contribution is 5.86. The molecule has 2 aliphatic rings. The largest absolute Gasteiger partial charge is 0.497 e. The Labute approximate surface area is 128 Å². The van der Waals surface area contributed by atoms with Gasteiger partial charge >= 0.3 is 11.9 Å².